The average molecular weight is 365 g/mol. The Labute approximate surface area is 146 Å². The minimum atomic E-state index is -4.24. The fourth-order valence-electron chi connectivity index (χ4n) is 2.48. The van der Waals surface area contributed by atoms with E-state index in [1.165, 1.54) is 18.5 Å². The number of nitrogens with zero attached hydrogens (tertiary/aromatic N) is 4. The molecule has 136 valence electrons. The molecule has 0 unspecified atom stereocenters. The number of anilines is 1. The van der Waals surface area contributed by atoms with E-state index in [-0.39, 0.29) is 18.1 Å². The highest BCUT2D eigenvalue weighted by molar-refractivity contribution is 5.79. The van der Waals surface area contributed by atoms with Gasteiger partial charge in [-0.25, -0.2) is 19.3 Å². The lowest BCUT2D eigenvalue weighted by Crippen LogP contribution is -2.16. The topological polar surface area (TPSA) is 55.1 Å². The summed E-state index contributed by atoms with van der Waals surface area (Å²) in [6.45, 7) is 5.33. The van der Waals surface area contributed by atoms with Crippen molar-refractivity contribution in [3.8, 4) is 0 Å². The zero-order chi connectivity index (χ0) is 18.9. The molecule has 0 fully saturated rings. The van der Waals surface area contributed by atoms with Crippen LogP contribution in [-0.2, 0) is 0 Å². The second kappa shape index (κ2) is 6.74. The number of halogens is 4. The second-order valence-corrected chi connectivity index (χ2v) is 5.70. The number of aromatic nitrogens is 4. The third-order valence-electron chi connectivity index (χ3n) is 3.79. The normalized spacial score (nSPS) is 11.7. The first kappa shape index (κ1) is 17.8. The van der Waals surface area contributed by atoms with Crippen molar-refractivity contribution in [3.63, 3.8) is 0 Å². The summed E-state index contributed by atoms with van der Waals surface area (Å²) in [6, 6.07) is 1.32. The van der Waals surface area contributed by atoms with Gasteiger partial charge in [0, 0.05) is 42.5 Å². The van der Waals surface area contributed by atoms with Gasteiger partial charge in [0.2, 0.25) is 5.95 Å². The standard InChI is InChI=1S/C17H15F4N5/c1-10(12-7-14(18)15-22-5-6-26(15)9-12)13-8-24-16(25-11(13)2)23-4-3-17(19,20)21/h5-9H,1,3-4H2,2H3,(H,23,24,25). The van der Waals surface area contributed by atoms with Crippen molar-refractivity contribution in [2.75, 3.05) is 11.9 Å². The van der Waals surface area contributed by atoms with Gasteiger partial charge in [-0.15, -0.1) is 0 Å². The Morgan fingerprint density at radius 1 is 1.31 bits per heavy atom. The van der Waals surface area contributed by atoms with Crippen molar-refractivity contribution in [3.05, 3.63) is 60.1 Å². The molecule has 0 radical (unpaired) electrons. The Morgan fingerprint density at radius 3 is 2.77 bits per heavy atom. The van der Waals surface area contributed by atoms with E-state index >= 15 is 0 Å². The number of fused-ring (bicyclic) bond motifs is 1. The Kier molecular flexibility index (Phi) is 4.62. The van der Waals surface area contributed by atoms with E-state index in [2.05, 4.69) is 26.8 Å². The minimum Gasteiger partial charge on any atom is -0.354 e. The van der Waals surface area contributed by atoms with Crippen molar-refractivity contribution in [2.45, 2.75) is 19.5 Å². The lowest BCUT2D eigenvalue weighted by Gasteiger charge is -2.12. The molecule has 3 aromatic rings. The van der Waals surface area contributed by atoms with Crippen molar-refractivity contribution in [2.24, 2.45) is 0 Å². The number of imidazole rings is 1. The van der Waals surface area contributed by atoms with E-state index in [1.54, 1.807) is 23.7 Å². The third-order valence-corrected chi connectivity index (χ3v) is 3.79. The van der Waals surface area contributed by atoms with E-state index < -0.39 is 18.4 Å². The number of rotatable bonds is 5. The monoisotopic (exact) mass is 365 g/mol. The molecule has 26 heavy (non-hydrogen) atoms. The first-order valence-electron chi connectivity index (χ1n) is 7.71. The number of nitrogens with one attached hydrogen (secondary N) is 1. The quantitative estimate of drug-likeness (QED) is 0.695. The van der Waals surface area contributed by atoms with Crippen molar-refractivity contribution in [1.29, 1.82) is 0 Å². The highest BCUT2D eigenvalue weighted by Gasteiger charge is 2.26. The number of aryl methyl sites for hydroxylation is 1. The molecule has 0 aliphatic rings. The summed E-state index contributed by atoms with van der Waals surface area (Å²) in [5.74, 6) is -0.391. The van der Waals surface area contributed by atoms with Gasteiger partial charge in [0.15, 0.2) is 11.5 Å². The lowest BCUT2D eigenvalue weighted by molar-refractivity contribution is -0.131. The predicted molar refractivity (Wildman–Crippen MR) is 89.2 cm³/mol. The molecule has 0 spiro atoms. The summed E-state index contributed by atoms with van der Waals surface area (Å²) >= 11 is 0. The highest BCUT2D eigenvalue weighted by atomic mass is 19.4. The fraction of sp³-hybridized carbons (Fsp3) is 0.235. The Morgan fingerprint density at radius 2 is 2.08 bits per heavy atom. The summed E-state index contributed by atoms with van der Waals surface area (Å²) in [6.07, 6.45) is 1.02. The highest BCUT2D eigenvalue weighted by Crippen LogP contribution is 2.25. The van der Waals surface area contributed by atoms with E-state index in [4.69, 9.17) is 0 Å². The van der Waals surface area contributed by atoms with Gasteiger partial charge in [0.25, 0.3) is 0 Å². The summed E-state index contributed by atoms with van der Waals surface area (Å²) in [5, 5.41) is 2.53. The molecule has 3 heterocycles. The summed E-state index contributed by atoms with van der Waals surface area (Å²) in [5.41, 5.74) is 2.32. The van der Waals surface area contributed by atoms with Crippen LogP contribution in [0.2, 0.25) is 0 Å². The molecule has 0 saturated heterocycles. The number of hydrogen-bond donors (Lipinski definition) is 1. The van der Waals surface area contributed by atoms with Crippen LogP contribution in [0.5, 0.6) is 0 Å². The van der Waals surface area contributed by atoms with Gasteiger partial charge in [0.05, 0.1) is 12.1 Å². The van der Waals surface area contributed by atoms with Crippen molar-refractivity contribution >= 4 is 17.2 Å². The molecule has 3 rings (SSSR count). The molecule has 5 nitrogen and oxygen atoms in total. The van der Waals surface area contributed by atoms with Gasteiger partial charge in [-0.05, 0) is 18.6 Å². The van der Waals surface area contributed by atoms with Gasteiger partial charge < -0.3 is 9.72 Å². The number of hydrogen-bond acceptors (Lipinski definition) is 4. The fourth-order valence-corrected chi connectivity index (χ4v) is 2.48. The lowest BCUT2D eigenvalue weighted by atomic mass is 10.0. The maximum absolute atomic E-state index is 14.1. The number of alkyl halides is 3. The van der Waals surface area contributed by atoms with Crippen LogP contribution in [0, 0.1) is 12.7 Å². The molecule has 0 saturated carbocycles. The Balaban J connectivity index is 1.80. The Bertz CT molecular complexity index is 961. The molecule has 0 aliphatic heterocycles. The molecule has 0 atom stereocenters. The van der Waals surface area contributed by atoms with Crippen LogP contribution in [0.25, 0.3) is 11.2 Å². The third kappa shape index (κ3) is 3.81. The Hall–Kier alpha value is -2.97. The van der Waals surface area contributed by atoms with Gasteiger partial charge >= 0.3 is 6.18 Å². The molecule has 0 aliphatic carbocycles. The molecule has 1 N–H and O–H groups in total. The first-order chi connectivity index (χ1) is 12.2. The van der Waals surface area contributed by atoms with Crippen LogP contribution in [0.3, 0.4) is 0 Å². The van der Waals surface area contributed by atoms with Crippen LogP contribution in [0.1, 0.15) is 23.2 Å². The van der Waals surface area contributed by atoms with E-state index in [1.807, 2.05) is 0 Å². The summed E-state index contributed by atoms with van der Waals surface area (Å²) in [7, 11) is 0. The largest absolute Gasteiger partial charge is 0.390 e. The van der Waals surface area contributed by atoms with Gasteiger partial charge in [-0.3, -0.25) is 0 Å². The minimum absolute atomic E-state index is 0.0968. The zero-order valence-electron chi connectivity index (χ0n) is 13.8. The molecule has 0 amide bonds. The number of pyridine rings is 1. The molecule has 0 aromatic carbocycles. The SMILES string of the molecule is C=C(c1cc(F)c2nccn2c1)c1cnc(NCCC(F)(F)F)nc1C. The molecule has 0 bridgehead atoms. The van der Waals surface area contributed by atoms with Crippen LogP contribution in [-0.4, -0.2) is 32.1 Å². The molecule has 3 aromatic heterocycles. The maximum Gasteiger partial charge on any atom is 0.390 e. The van der Waals surface area contributed by atoms with E-state index in [9.17, 15) is 17.6 Å². The summed E-state index contributed by atoms with van der Waals surface area (Å²) in [4.78, 5) is 12.1. The second-order valence-electron chi connectivity index (χ2n) is 5.70. The maximum atomic E-state index is 14.1. The van der Waals surface area contributed by atoms with Gasteiger partial charge in [-0.2, -0.15) is 13.2 Å². The van der Waals surface area contributed by atoms with Crippen LogP contribution < -0.4 is 5.32 Å². The molecular weight excluding hydrogens is 350 g/mol. The molecule has 9 heteroatoms. The van der Waals surface area contributed by atoms with Gasteiger partial charge in [-0.1, -0.05) is 6.58 Å². The molecular formula is C17H15F4N5. The average Bonchev–Trinajstić information content (AvgIpc) is 3.02. The van der Waals surface area contributed by atoms with E-state index in [0.717, 1.165) is 0 Å². The van der Waals surface area contributed by atoms with Crippen LogP contribution in [0.4, 0.5) is 23.5 Å². The summed E-state index contributed by atoms with van der Waals surface area (Å²) < 4.78 is 52.2. The van der Waals surface area contributed by atoms with Crippen LogP contribution >= 0.6 is 0 Å². The van der Waals surface area contributed by atoms with Crippen LogP contribution in [0.15, 0.2) is 37.4 Å². The predicted octanol–water partition coefficient (Wildman–Crippen LogP) is 4.00. The van der Waals surface area contributed by atoms with Crippen molar-refractivity contribution in [1.82, 2.24) is 19.4 Å². The first-order valence-corrected chi connectivity index (χ1v) is 7.71. The van der Waals surface area contributed by atoms with Gasteiger partial charge in [0.1, 0.15) is 0 Å². The van der Waals surface area contributed by atoms with E-state index in [0.29, 0.717) is 22.4 Å². The smallest absolute Gasteiger partial charge is 0.354 e. The van der Waals surface area contributed by atoms with Crippen molar-refractivity contribution < 1.29 is 17.6 Å². The zero-order valence-corrected chi connectivity index (χ0v) is 13.8.